The summed E-state index contributed by atoms with van der Waals surface area (Å²) in [4.78, 5) is 0. The lowest BCUT2D eigenvalue weighted by Crippen LogP contribution is -2.57. The highest BCUT2D eigenvalue weighted by Gasteiger charge is 2.77. The molecule has 0 radical (unpaired) electrons. The van der Waals surface area contributed by atoms with Gasteiger partial charge >= 0.3 is 0 Å². The fraction of sp³-hybridized carbons (Fsp3) is 0.931. The summed E-state index contributed by atoms with van der Waals surface area (Å²) >= 11 is 0. The van der Waals surface area contributed by atoms with Crippen LogP contribution >= 0.6 is 0 Å². The highest BCUT2D eigenvalue weighted by molar-refractivity contribution is 5.26. The van der Waals surface area contributed by atoms with Crippen LogP contribution in [-0.2, 0) is 4.74 Å². The van der Waals surface area contributed by atoms with Gasteiger partial charge in [0.1, 0.15) is 0 Å². The maximum atomic E-state index is 6.30. The van der Waals surface area contributed by atoms with E-state index in [2.05, 4.69) is 53.7 Å². The number of rotatable bonds is 5. The third-order valence-corrected chi connectivity index (χ3v) is 12.3. The Hall–Kier alpha value is -0.300. The van der Waals surface area contributed by atoms with Gasteiger partial charge < -0.3 is 4.74 Å². The molecule has 0 aliphatic heterocycles. The van der Waals surface area contributed by atoms with E-state index in [1.54, 1.807) is 0 Å². The van der Waals surface area contributed by atoms with Gasteiger partial charge in [0, 0.05) is 12.5 Å². The molecule has 30 heavy (non-hydrogen) atoms. The zero-order valence-electron chi connectivity index (χ0n) is 20.9. The van der Waals surface area contributed by atoms with E-state index < -0.39 is 0 Å². The first-order chi connectivity index (χ1) is 14.2. The van der Waals surface area contributed by atoms with E-state index in [4.69, 9.17) is 4.74 Å². The smallest absolute Gasteiger partial charge is 0.0638 e. The average Bonchev–Trinajstić information content (AvgIpc) is 3.22. The van der Waals surface area contributed by atoms with E-state index in [9.17, 15) is 0 Å². The highest BCUT2D eigenvalue weighted by atomic mass is 16.5. The number of ether oxygens (including phenoxy) is 1. The van der Waals surface area contributed by atoms with Crippen molar-refractivity contribution in [3.8, 4) is 0 Å². The molecule has 170 valence electrons. The average molecular weight is 413 g/mol. The van der Waals surface area contributed by atoms with Gasteiger partial charge in [0.15, 0.2) is 0 Å². The second-order valence-electron chi connectivity index (χ2n) is 13.3. The van der Waals surface area contributed by atoms with Crippen LogP contribution in [0.2, 0.25) is 0 Å². The van der Waals surface area contributed by atoms with Crippen LogP contribution < -0.4 is 0 Å². The summed E-state index contributed by atoms with van der Waals surface area (Å²) in [6.45, 7) is 15.0. The van der Waals surface area contributed by atoms with Gasteiger partial charge in [0.2, 0.25) is 0 Å². The Morgan fingerprint density at radius 1 is 0.900 bits per heavy atom. The predicted molar refractivity (Wildman–Crippen MR) is 126 cm³/mol. The van der Waals surface area contributed by atoms with Gasteiger partial charge in [-0.2, -0.15) is 0 Å². The maximum absolute atomic E-state index is 6.30. The van der Waals surface area contributed by atoms with Gasteiger partial charge in [0.05, 0.1) is 6.10 Å². The molecule has 11 atom stereocenters. The van der Waals surface area contributed by atoms with Crippen LogP contribution in [0.5, 0.6) is 0 Å². The van der Waals surface area contributed by atoms with Crippen LogP contribution in [0.4, 0.5) is 0 Å². The molecular formula is C29H48O. The number of fused-ring (bicyclic) bond motifs is 4. The van der Waals surface area contributed by atoms with Gasteiger partial charge in [-0.25, -0.2) is 0 Å². The van der Waals surface area contributed by atoms with E-state index in [0.717, 1.165) is 41.4 Å². The normalized spacial score (nSPS) is 53.9. The number of hydrogen-bond acceptors (Lipinski definition) is 1. The summed E-state index contributed by atoms with van der Waals surface area (Å²) in [6, 6.07) is 0. The van der Waals surface area contributed by atoms with E-state index >= 15 is 0 Å². The van der Waals surface area contributed by atoms with Crippen LogP contribution in [0.3, 0.4) is 0 Å². The lowest BCUT2D eigenvalue weighted by Gasteiger charge is -2.61. The first kappa shape index (κ1) is 21.5. The number of methoxy groups -OCH3 is 1. The Morgan fingerprint density at radius 2 is 1.67 bits per heavy atom. The van der Waals surface area contributed by atoms with Crippen LogP contribution in [0, 0.1) is 63.6 Å². The topological polar surface area (TPSA) is 9.23 Å². The molecule has 5 rings (SSSR count). The van der Waals surface area contributed by atoms with Crippen molar-refractivity contribution in [1.29, 1.82) is 0 Å². The van der Waals surface area contributed by atoms with E-state index in [0.29, 0.717) is 28.3 Å². The molecule has 0 aromatic carbocycles. The van der Waals surface area contributed by atoms with Crippen LogP contribution in [0.25, 0.3) is 0 Å². The fourth-order valence-corrected chi connectivity index (χ4v) is 10.2. The molecule has 0 saturated heterocycles. The van der Waals surface area contributed by atoms with Gasteiger partial charge in [-0.15, -0.1) is 0 Å². The second kappa shape index (κ2) is 7.10. The van der Waals surface area contributed by atoms with Crippen molar-refractivity contribution in [1.82, 2.24) is 0 Å². The summed E-state index contributed by atoms with van der Waals surface area (Å²) in [6.07, 6.45) is 17.4. The zero-order chi connectivity index (χ0) is 21.5. The Bertz CT molecular complexity index is 694. The van der Waals surface area contributed by atoms with E-state index in [-0.39, 0.29) is 0 Å². The Balaban J connectivity index is 1.38. The molecule has 0 amide bonds. The molecule has 1 nitrogen and oxygen atoms in total. The molecule has 0 bridgehead atoms. The van der Waals surface area contributed by atoms with Crippen molar-refractivity contribution in [2.45, 2.75) is 99.0 Å². The Labute approximate surface area is 186 Å². The first-order valence-corrected chi connectivity index (χ1v) is 13.4. The lowest BCUT2D eigenvalue weighted by molar-refractivity contribution is -0.160. The summed E-state index contributed by atoms with van der Waals surface area (Å²) in [5.74, 6) is 6.85. The zero-order valence-corrected chi connectivity index (χ0v) is 20.9. The van der Waals surface area contributed by atoms with Crippen molar-refractivity contribution in [2.75, 3.05) is 7.11 Å². The quantitative estimate of drug-likeness (QED) is 0.419. The monoisotopic (exact) mass is 412 g/mol. The maximum Gasteiger partial charge on any atom is 0.0638 e. The molecule has 0 aromatic heterocycles. The second-order valence-corrected chi connectivity index (χ2v) is 13.3. The standard InChI is InChI=1S/C29H48O/c1-18(2)19(3)8-9-20(4)23-10-11-24-22-16-26(30-7)29-17-21(29)12-15-28(29,6)25(22)13-14-27(23,24)5/h8-9,18-26H,10-17H2,1-7H3/b9-8+/t19?,20-,21-,22+,23-,24+,25+,26-,27-,28-,29+/m1/s1. The van der Waals surface area contributed by atoms with Gasteiger partial charge in [-0.3, -0.25) is 0 Å². The van der Waals surface area contributed by atoms with Gasteiger partial charge in [0.25, 0.3) is 0 Å². The SMILES string of the molecule is CO[C@@H]1C[C@H]2[C@@H]3CC[C@H]([C@H](C)/C=C/C(C)C(C)C)[C@@]3(C)CC[C@@H]2[C@@]2(C)CC[C@@H]3C[C@]312. The summed E-state index contributed by atoms with van der Waals surface area (Å²) < 4.78 is 6.30. The van der Waals surface area contributed by atoms with Crippen molar-refractivity contribution in [2.24, 2.45) is 63.6 Å². The van der Waals surface area contributed by atoms with Crippen molar-refractivity contribution >= 4 is 0 Å². The minimum Gasteiger partial charge on any atom is -0.381 e. The molecular weight excluding hydrogens is 364 g/mol. The minimum absolute atomic E-state index is 0.543. The molecule has 5 fully saturated rings. The highest BCUT2D eigenvalue weighted by Crippen LogP contribution is 2.82. The predicted octanol–water partition coefficient (Wildman–Crippen LogP) is 7.75. The third-order valence-electron chi connectivity index (χ3n) is 12.3. The van der Waals surface area contributed by atoms with Gasteiger partial charge in [-0.05, 0) is 110 Å². The Kier molecular flexibility index (Phi) is 5.10. The van der Waals surface area contributed by atoms with Gasteiger partial charge in [-0.1, -0.05) is 53.7 Å². The summed E-state index contributed by atoms with van der Waals surface area (Å²) in [7, 11) is 2.02. The van der Waals surface area contributed by atoms with Crippen molar-refractivity contribution in [3.05, 3.63) is 12.2 Å². The molecule has 5 saturated carbocycles. The molecule has 0 heterocycles. The van der Waals surface area contributed by atoms with E-state index in [1.807, 2.05) is 7.11 Å². The van der Waals surface area contributed by atoms with Crippen LogP contribution in [-0.4, -0.2) is 13.2 Å². The molecule has 5 aliphatic carbocycles. The lowest BCUT2D eigenvalue weighted by atomic mass is 9.45. The third kappa shape index (κ3) is 2.69. The fourth-order valence-electron chi connectivity index (χ4n) is 10.2. The molecule has 1 heteroatoms. The summed E-state index contributed by atoms with van der Waals surface area (Å²) in [5.41, 5.74) is 1.68. The molecule has 1 spiro atoms. The largest absolute Gasteiger partial charge is 0.381 e. The number of allylic oxidation sites excluding steroid dienone is 2. The molecule has 0 aromatic rings. The molecule has 1 unspecified atom stereocenters. The number of hydrogen-bond donors (Lipinski definition) is 0. The van der Waals surface area contributed by atoms with E-state index in [1.165, 1.54) is 51.4 Å². The minimum atomic E-state index is 0.543. The Morgan fingerprint density at radius 3 is 2.33 bits per heavy atom. The molecule has 5 aliphatic rings. The van der Waals surface area contributed by atoms with Crippen LogP contribution in [0.1, 0.15) is 92.9 Å². The van der Waals surface area contributed by atoms with Crippen molar-refractivity contribution < 1.29 is 4.74 Å². The summed E-state index contributed by atoms with van der Waals surface area (Å²) in [5, 5.41) is 0. The first-order valence-electron chi connectivity index (χ1n) is 13.4. The van der Waals surface area contributed by atoms with Crippen molar-refractivity contribution in [3.63, 3.8) is 0 Å². The molecule has 0 N–H and O–H groups in total. The van der Waals surface area contributed by atoms with Crippen LogP contribution in [0.15, 0.2) is 12.2 Å².